The highest BCUT2D eigenvalue weighted by Crippen LogP contribution is 2.27. The summed E-state index contributed by atoms with van der Waals surface area (Å²) in [4.78, 5) is 37.4. The second-order valence-corrected chi connectivity index (χ2v) is 7.79. The van der Waals surface area contributed by atoms with Crippen LogP contribution in [0.5, 0.6) is 0 Å². The largest absolute Gasteiger partial charge is 0.475 e. The molecular formula is C22H31NO4. The Bertz CT molecular complexity index is 641. The summed E-state index contributed by atoms with van der Waals surface area (Å²) in [6.07, 6.45) is 6.09. The van der Waals surface area contributed by atoms with Crippen LogP contribution >= 0.6 is 0 Å². The van der Waals surface area contributed by atoms with Crippen molar-refractivity contribution in [1.29, 1.82) is 0 Å². The second-order valence-electron chi connectivity index (χ2n) is 7.79. The number of unbranched alkanes of at least 4 members (excludes halogenated alkanes) is 2. The van der Waals surface area contributed by atoms with Gasteiger partial charge in [-0.05, 0) is 43.6 Å². The fourth-order valence-electron chi connectivity index (χ4n) is 3.92. The molecule has 1 fully saturated rings. The number of ketones is 1. The molecule has 0 unspecified atom stereocenters. The molecule has 1 aliphatic rings. The summed E-state index contributed by atoms with van der Waals surface area (Å²) in [5.74, 6) is -2.32. The van der Waals surface area contributed by atoms with E-state index in [9.17, 15) is 14.4 Å². The summed E-state index contributed by atoms with van der Waals surface area (Å²) in [5, 5.41) is 9.00. The predicted octanol–water partition coefficient (Wildman–Crippen LogP) is 3.71. The van der Waals surface area contributed by atoms with Crippen molar-refractivity contribution in [3.63, 3.8) is 0 Å². The lowest BCUT2D eigenvalue weighted by molar-refractivity contribution is -0.153. The minimum Gasteiger partial charge on any atom is -0.475 e. The van der Waals surface area contributed by atoms with Gasteiger partial charge < -0.3 is 10.0 Å². The van der Waals surface area contributed by atoms with Crippen LogP contribution in [0.2, 0.25) is 0 Å². The Balaban J connectivity index is 1.85. The molecule has 5 heteroatoms. The molecule has 0 radical (unpaired) electrons. The molecule has 1 N–H and O–H groups in total. The quantitative estimate of drug-likeness (QED) is 0.501. The summed E-state index contributed by atoms with van der Waals surface area (Å²) in [6, 6.07) is 9.60. The van der Waals surface area contributed by atoms with Gasteiger partial charge in [0.05, 0.1) is 0 Å². The fourth-order valence-corrected chi connectivity index (χ4v) is 3.92. The van der Waals surface area contributed by atoms with Gasteiger partial charge in [-0.1, -0.05) is 57.0 Å². The van der Waals surface area contributed by atoms with Gasteiger partial charge in [-0.3, -0.25) is 9.59 Å². The SMILES string of the molecule is CC(C)[C@H](CCCCCc1ccccc1)C(=O)N1CCC[C@H]1C(=O)C(=O)O. The Morgan fingerprint density at radius 1 is 1.11 bits per heavy atom. The molecule has 0 spiro atoms. The van der Waals surface area contributed by atoms with Crippen LogP contribution in [0.1, 0.15) is 57.9 Å². The van der Waals surface area contributed by atoms with E-state index in [1.54, 1.807) is 0 Å². The van der Waals surface area contributed by atoms with E-state index in [-0.39, 0.29) is 17.7 Å². The zero-order chi connectivity index (χ0) is 19.8. The van der Waals surface area contributed by atoms with Crippen molar-refractivity contribution in [3.05, 3.63) is 35.9 Å². The average Bonchev–Trinajstić information content (AvgIpc) is 3.13. The first-order valence-electron chi connectivity index (χ1n) is 10.0. The Labute approximate surface area is 161 Å². The zero-order valence-corrected chi connectivity index (χ0v) is 16.4. The number of amides is 1. The van der Waals surface area contributed by atoms with Crippen molar-refractivity contribution in [2.45, 2.75) is 64.8 Å². The van der Waals surface area contributed by atoms with Gasteiger partial charge in [-0.15, -0.1) is 0 Å². The molecule has 0 bridgehead atoms. The molecule has 1 amide bonds. The number of carboxylic acid groups (broad SMARTS) is 1. The molecule has 1 saturated heterocycles. The Morgan fingerprint density at radius 3 is 2.44 bits per heavy atom. The fraction of sp³-hybridized carbons (Fsp3) is 0.591. The van der Waals surface area contributed by atoms with Gasteiger partial charge in [0.15, 0.2) is 0 Å². The third-order valence-electron chi connectivity index (χ3n) is 5.49. The van der Waals surface area contributed by atoms with Crippen molar-refractivity contribution in [1.82, 2.24) is 4.90 Å². The number of aryl methyl sites for hydroxylation is 1. The molecule has 1 aromatic rings. The zero-order valence-electron chi connectivity index (χ0n) is 16.4. The molecule has 0 aromatic heterocycles. The third kappa shape index (κ3) is 5.91. The highest BCUT2D eigenvalue weighted by Gasteiger charge is 2.39. The minimum atomic E-state index is -1.44. The molecular weight excluding hydrogens is 342 g/mol. The maximum Gasteiger partial charge on any atom is 0.374 e. The van der Waals surface area contributed by atoms with E-state index in [1.165, 1.54) is 10.5 Å². The molecule has 1 aliphatic heterocycles. The number of likely N-dealkylation sites (tertiary alicyclic amines) is 1. The second kappa shape index (κ2) is 10.2. The number of carbonyl (C=O) groups excluding carboxylic acids is 2. The Hall–Kier alpha value is -2.17. The van der Waals surface area contributed by atoms with Gasteiger partial charge in [0.2, 0.25) is 5.91 Å². The maximum atomic E-state index is 13.0. The number of carboxylic acids is 1. The molecule has 2 atom stereocenters. The van der Waals surface area contributed by atoms with Gasteiger partial charge in [0.1, 0.15) is 6.04 Å². The summed E-state index contributed by atoms with van der Waals surface area (Å²) < 4.78 is 0. The standard InChI is InChI=1S/C22H31NO4/c1-16(2)18(13-8-4-7-12-17-10-5-3-6-11-17)21(25)23-15-9-14-19(23)20(24)22(26)27/h3,5-6,10-11,16,18-19H,4,7-9,12-15H2,1-2H3,(H,26,27)/t18-,19-/m0/s1. The van der Waals surface area contributed by atoms with Crippen molar-refractivity contribution in [2.24, 2.45) is 11.8 Å². The first-order valence-corrected chi connectivity index (χ1v) is 10.0. The van der Waals surface area contributed by atoms with E-state index >= 15 is 0 Å². The average molecular weight is 373 g/mol. The number of rotatable bonds is 10. The summed E-state index contributed by atoms with van der Waals surface area (Å²) in [6.45, 7) is 4.53. The van der Waals surface area contributed by atoms with Crippen molar-refractivity contribution >= 4 is 17.7 Å². The Kier molecular flexibility index (Phi) is 8.01. The predicted molar refractivity (Wildman–Crippen MR) is 104 cm³/mol. The topological polar surface area (TPSA) is 74.7 Å². The summed E-state index contributed by atoms with van der Waals surface area (Å²) >= 11 is 0. The van der Waals surface area contributed by atoms with Crippen molar-refractivity contribution in [2.75, 3.05) is 6.54 Å². The van der Waals surface area contributed by atoms with Crippen molar-refractivity contribution in [3.8, 4) is 0 Å². The number of carbonyl (C=O) groups is 3. The first-order chi connectivity index (χ1) is 12.9. The van der Waals surface area contributed by atoms with Crippen LogP contribution in [0.25, 0.3) is 0 Å². The number of hydrogen-bond donors (Lipinski definition) is 1. The lowest BCUT2D eigenvalue weighted by Gasteiger charge is -2.29. The number of nitrogens with zero attached hydrogens (tertiary/aromatic N) is 1. The summed E-state index contributed by atoms with van der Waals surface area (Å²) in [5.41, 5.74) is 1.33. The van der Waals surface area contributed by atoms with Gasteiger partial charge in [-0.25, -0.2) is 4.79 Å². The molecule has 5 nitrogen and oxygen atoms in total. The number of hydrogen-bond acceptors (Lipinski definition) is 3. The highest BCUT2D eigenvalue weighted by atomic mass is 16.4. The van der Waals surface area contributed by atoms with Crippen LogP contribution in [-0.2, 0) is 20.8 Å². The molecule has 2 rings (SSSR count). The maximum absolute atomic E-state index is 13.0. The smallest absolute Gasteiger partial charge is 0.374 e. The van der Waals surface area contributed by atoms with E-state index in [0.29, 0.717) is 19.4 Å². The lowest BCUT2D eigenvalue weighted by atomic mass is 9.88. The molecule has 0 saturated carbocycles. The number of aliphatic carboxylic acids is 1. The van der Waals surface area contributed by atoms with E-state index in [2.05, 4.69) is 12.1 Å². The van der Waals surface area contributed by atoms with E-state index in [1.807, 2.05) is 32.0 Å². The van der Waals surface area contributed by atoms with Crippen molar-refractivity contribution < 1.29 is 19.5 Å². The monoisotopic (exact) mass is 373 g/mol. The molecule has 1 aromatic carbocycles. The number of Topliss-reactive ketones (excluding diaryl/α,β-unsaturated/α-hetero) is 1. The van der Waals surface area contributed by atoms with Gasteiger partial charge in [-0.2, -0.15) is 0 Å². The van der Waals surface area contributed by atoms with E-state index in [4.69, 9.17) is 5.11 Å². The van der Waals surface area contributed by atoms with E-state index < -0.39 is 17.8 Å². The molecule has 0 aliphatic carbocycles. The molecule has 1 heterocycles. The minimum absolute atomic E-state index is 0.0508. The van der Waals surface area contributed by atoms with Crippen LogP contribution in [-0.4, -0.2) is 40.3 Å². The Morgan fingerprint density at radius 2 is 1.81 bits per heavy atom. The van der Waals surface area contributed by atoms with Gasteiger partial charge >= 0.3 is 5.97 Å². The summed E-state index contributed by atoms with van der Waals surface area (Å²) in [7, 11) is 0. The van der Waals surface area contributed by atoms with Crippen LogP contribution in [0.15, 0.2) is 30.3 Å². The normalized spacial score (nSPS) is 17.9. The highest BCUT2D eigenvalue weighted by molar-refractivity contribution is 6.35. The van der Waals surface area contributed by atoms with Crippen LogP contribution in [0.3, 0.4) is 0 Å². The van der Waals surface area contributed by atoms with Crippen LogP contribution < -0.4 is 0 Å². The van der Waals surface area contributed by atoms with Crippen LogP contribution in [0.4, 0.5) is 0 Å². The third-order valence-corrected chi connectivity index (χ3v) is 5.49. The molecule has 148 valence electrons. The number of benzene rings is 1. The first kappa shape index (κ1) is 21.1. The lowest BCUT2D eigenvalue weighted by Crippen LogP contribution is -2.46. The van der Waals surface area contributed by atoms with Crippen LogP contribution in [0, 0.1) is 11.8 Å². The molecule has 27 heavy (non-hydrogen) atoms. The van der Waals surface area contributed by atoms with Gasteiger partial charge in [0.25, 0.3) is 5.78 Å². The van der Waals surface area contributed by atoms with E-state index in [0.717, 1.165) is 32.1 Å². The van der Waals surface area contributed by atoms with Gasteiger partial charge in [0, 0.05) is 12.5 Å².